The molecule has 1 rings (SSSR count). The molecule has 7 heteroatoms. The molecule has 0 aromatic carbocycles. The summed E-state index contributed by atoms with van der Waals surface area (Å²) in [6.07, 6.45) is 5.02. The molecule has 1 fully saturated rings. The molecule has 2 amide bonds. The minimum Gasteiger partial charge on any atom is -0.479 e. The molecule has 0 unspecified atom stereocenters. The van der Waals surface area contributed by atoms with Gasteiger partial charge in [0.15, 0.2) is 6.61 Å². The fourth-order valence-electron chi connectivity index (χ4n) is 2.07. The first kappa shape index (κ1) is 14.7. The number of carboxylic acid groups (broad SMARTS) is 1. The second-order valence-electron chi connectivity index (χ2n) is 4.46. The van der Waals surface area contributed by atoms with E-state index in [0.29, 0.717) is 12.6 Å². The number of nitrogens with one attached hydrogen (secondary N) is 2. The van der Waals surface area contributed by atoms with E-state index in [9.17, 15) is 9.59 Å². The first-order valence-corrected chi connectivity index (χ1v) is 6.17. The summed E-state index contributed by atoms with van der Waals surface area (Å²) in [4.78, 5) is 28.0. The number of carbonyl (C=O) groups excluding carboxylic acids is 1. The minimum absolute atomic E-state index is 0.509. The third-order valence-corrected chi connectivity index (χ3v) is 3.06. The second kappa shape index (κ2) is 7.88. The Kier molecular flexibility index (Phi) is 6.45. The number of rotatable bonds is 7. The van der Waals surface area contributed by atoms with E-state index in [1.807, 2.05) is 5.48 Å². The van der Waals surface area contributed by atoms with E-state index in [-0.39, 0.29) is 0 Å². The van der Waals surface area contributed by atoms with Crippen LogP contribution in [0.5, 0.6) is 0 Å². The zero-order chi connectivity index (χ0) is 13.4. The molecule has 0 heterocycles. The molecular weight excluding hydrogens is 238 g/mol. The summed E-state index contributed by atoms with van der Waals surface area (Å²) in [5, 5.41) is 10.9. The Morgan fingerprint density at radius 1 is 1.39 bits per heavy atom. The van der Waals surface area contributed by atoms with Crippen LogP contribution in [0.15, 0.2) is 0 Å². The van der Waals surface area contributed by atoms with Crippen molar-refractivity contribution in [3.8, 4) is 0 Å². The number of hydrogen-bond acceptors (Lipinski definition) is 4. The highest BCUT2D eigenvalue weighted by Gasteiger charge is 2.18. The standard InChI is InChI=1S/C11H21N3O4/c1-14(9-4-2-3-5-9)7-6-12-11(17)13-18-8-10(15)16/h9H,2-8H2,1H3,(H,15,16)(H2,12,13,17). The first-order valence-electron chi connectivity index (χ1n) is 6.17. The van der Waals surface area contributed by atoms with Crippen LogP contribution in [0.2, 0.25) is 0 Å². The predicted molar refractivity (Wildman–Crippen MR) is 65.0 cm³/mol. The third kappa shape index (κ3) is 5.83. The molecule has 1 aliphatic carbocycles. The highest BCUT2D eigenvalue weighted by molar-refractivity contribution is 5.73. The van der Waals surface area contributed by atoms with Crippen LogP contribution in [0.25, 0.3) is 0 Å². The minimum atomic E-state index is -1.13. The van der Waals surface area contributed by atoms with E-state index < -0.39 is 18.6 Å². The van der Waals surface area contributed by atoms with Gasteiger partial charge < -0.3 is 15.3 Å². The number of nitrogens with zero attached hydrogens (tertiary/aromatic N) is 1. The molecule has 0 aromatic heterocycles. The lowest BCUT2D eigenvalue weighted by atomic mass is 10.2. The molecule has 0 atom stereocenters. The summed E-state index contributed by atoms with van der Waals surface area (Å²) in [5.41, 5.74) is 2.01. The molecule has 18 heavy (non-hydrogen) atoms. The van der Waals surface area contributed by atoms with Gasteiger partial charge in [0.05, 0.1) is 0 Å². The van der Waals surface area contributed by atoms with E-state index in [2.05, 4.69) is 22.1 Å². The highest BCUT2D eigenvalue weighted by Crippen LogP contribution is 2.21. The molecule has 7 nitrogen and oxygen atoms in total. The summed E-state index contributed by atoms with van der Waals surface area (Å²) in [7, 11) is 2.05. The van der Waals surface area contributed by atoms with Crippen LogP contribution in [0, 0.1) is 0 Å². The van der Waals surface area contributed by atoms with Crippen LogP contribution in [0.3, 0.4) is 0 Å². The Bertz CT molecular complexity index is 279. The van der Waals surface area contributed by atoms with E-state index in [4.69, 9.17) is 5.11 Å². The van der Waals surface area contributed by atoms with Crippen molar-refractivity contribution in [1.82, 2.24) is 15.7 Å². The lowest BCUT2D eigenvalue weighted by molar-refractivity contribution is -0.144. The number of aliphatic carboxylic acids is 1. The van der Waals surface area contributed by atoms with Crippen molar-refractivity contribution >= 4 is 12.0 Å². The number of carboxylic acids is 1. The summed E-state index contributed by atoms with van der Waals surface area (Å²) in [5.74, 6) is -1.13. The van der Waals surface area contributed by atoms with E-state index in [0.717, 1.165) is 6.54 Å². The first-order chi connectivity index (χ1) is 8.59. The van der Waals surface area contributed by atoms with Gasteiger partial charge in [0.1, 0.15) is 0 Å². The number of urea groups is 1. The molecular formula is C11H21N3O4. The van der Waals surface area contributed by atoms with Crippen molar-refractivity contribution in [3.05, 3.63) is 0 Å². The van der Waals surface area contributed by atoms with Gasteiger partial charge in [-0.3, -0.25) is 4.84 Å². The third-order valence-electron chi connectivity index (χ3n) is 3.06. The number of hydrogen-bond donors (Lipinski definition) is 3. The quantitative estimate of drug-likeness (QED) is 0.567. The molecule has 0 radical (unpaired) electrons. The van der Waals surface area contributed by atoms with Crippen LogP contribution in [0.1, 0.15) is 25.7 Å². The average Bonchev–Trinajstić information content (AvgIpc) is 2.81. The van der Waals surface area contributed by atoms with Gasteiger partial charge in [-0.05, 0) is 19.9 Å². The maximum Gasteiger partial charge on any atom is 0.338 e. The SMILES string of the molecule is CN(CCNC(=O)NOCC(=O)O)C1CCCC1. The monoisotopic (exact) mass is 259 g/mol. The van der Waals surface area contributed by atoms with Gasteiger partial charge in [-0.2, -0.15) is 0 Å². The Labute approximate surface area is 106 Å². The number of hydroxylamine groups is 1. The van der Waals surface area contributed by atoms with E-state index in [1.54, 1.807) is 0 Å². The molecule has 0 saturated heterocycles. The van der Waals surface area contributed by atoms with Gasteiger partial charge in [-0.25, -0.2) is 15.1 Å². The Morgan fingerprint density at radius 3 is 2.67 bits per heavy atom. The van der Waals surface area contributed by atoms with Crippen molar-refractivity contribution in [2.24, 2.45) is 0 Å². The fraction of sp³-hybridized carbons (Fsp3) is 0.818. The Morgan fingerprint density at radius 2 is 2.06 bits per heavy atom. The van der Waals surface area contributed by atoms with Gasteiger partial charge in [0.2, 0.25) is 0 Å². The van der Waals surface area contributed by atoms with Gasteiger partial charge in [-0.1, -0.05) is 12.8 Å². The lowest BCUT2D eigenvalue weighted by Crippen LogP contribution is -2.41. The Balaban J connectivity index is 2.02. The van der Waals surface area contributed by atoms with Crippen LogP contribution in [0.4, 0.5) is 4.79 Å². The van der Waals surface area contributed by atoms with Crippen LogP contribution in [-0.2, 0) is 9.63 Å². The zero-order valence-electron chi connectivity index (χ0n) is 10.6. The molecule has 1 aliphatic rings. The molecule has 104 valence electrons. The molecule has 3 N–H and O–H groups in total. The Hall–Kier alpha value is -1.34. The number of carbonyl (C=O) groups is 2. The number of likely N-dealkylation sites (N-methyl/N-ethyl adjacent to an activating group) is 1. The van der Waals surface area contributed by atoms with Crippen molar-refractivity contribution in [3.63, 3.8) is 0 Å². The van der Waals surface area contributed by atoms with Crippen molar-refractivity contribution in [1.29, 1.82) is 0 Å². The van der Waals surface area contributed by atoms with E-state index in [1.165, 1.54) is 25.7 Å². The predicted octanol–water partition coefficient (Wildman–Crippen LogP) is 0.176. The molecule has 0 aromatic rings. The normalized spacial score (nSPS) is 15.9. The molecule has 0 bridgehead atoms. The van der Waals surface area contributed by atoms with Crippen molar-refractivity contribution < 1.29 is 19.5 Å². The number of amides is 2. The van der Waals surface area contributed by atoms with Gasteiger partial charge >= 0.3 is 12.0 Å². The zero-order valence-corrected chi connectivity index (χ0v) is 10.6. The smallest absolute Gasteiger partial charge is 0.338 e. The summed E-state index contributed by atoms with van der Waals surface area (Å²) < 4.78 is 0. The largest absolute Gasteiger partial charge is 0.479 e. The maximum atomic E-state index is 11.2. The fourth-order valence-corrected chi connectivity index (χ4v) is 2.07. The second-order valence-corrected chi connectivity index (χ2v) is 4.46. The molecule has 0 spiro atoms. The van der Waals surface area contributed by atoms with Crippen LogP contribution in [-0.4, -0.2) is 54.8 Å². The van der Waals surface area contributed by atoms with Gasteiger partial charge in [-0.15, -0.1) is 0 Å². The summed E-state index contributed by atoms with van der Waals surface area (Å²) in [6, 6.07) is 0.106. The summed E-state index contributed by atoms with van der Waals surface area (Å²) >= 11 is 0. The van der Waals surface area contributed by atoms with Crippen LogP contribution < -0.4 is 10.8 Å². The molecule has 1 saturated carbocycles. The average molecular weight is 259 g/mol. The van der Waals surface area contributed by atoms with Gasteiger partial charge in [0, 0.05) is 19.1 Å². The van der Waals surface area contributed by atoms with Gasteiger partial charge in [0.25, 0.3) is 0 Å². The highest BCUT2D eigenvalue weighted by atomic mass is 16.7. The molecule has 0 aliphatic heterocycles. The van der Waals surface area contributed by atoms with E-state index >= 15 is 0 Å². The topological polar surface area (TPSA) is 90.9 Å². The van der Waals surface area contributed by atoms with Crippen LogP contribution >= 0.6 is 0 Å². The maximum absolute atomic E-state index is 11.2. The van der Waals surface area contributed by atoms with Crippen molar-refractivity contribution in [2.75, 3.05) is 26.7 Å². The summed E-state index contributed by atoms with van der Waals surface area (Å²) in [6.45, 7) is 0.738. The van der Waals surface area contributed by atoms with Crippen molar-refractivity contribution in [2.45, 2.75) is 31.7 Å². The lowest BCUT2D eigenvalue weighted by Gasteiger charge is -2.23.